The molecule has 2 aromatic carbocycles. The minimum absolute atomic E-state index is 0.0728. The van der Waals surface area contributed by atoms with E-state index in [-0.39, 0.29) is 36.6 Å². The number of carbonyl (C=O) groups is 1. The van der Waals surface area contributed by atoms with Gasteiger partial charge in [-0.15, -0.1) is 0 Å². The first-order valence-electron chi connectivity index (χ1n) is 7.79. The van der Waals surface area contributed by atoms with E-state index in [4.69, 9.17) is 11.6 Å². The van der Waals surface area contributed by atoms with E-state index in [1.807, 2.05) is 0 Å². The first-order chi connectivity index (χ1) is 12.3. The van der Waals surface area contributed by atoms with Crippen molar-refractivity contribution in [2.75, 3.05) is 26.2 Å². The quantitative estimate of drug-likeness (QED) is 0.796. The molecule has 5 nitrogen and oxygen atoms in total. The molecule has 1 saturated heterocycles. The largest absolute Gasteiger partial charge is 0.336 e. The van der Waals surface area contributed by atoms with Gasteiger partial charge < -0.3 is 4.90 Å². The van der Waals surface area contributed by atoms with Crippen LogP contribution in [0.3, 0.4) is 0 Å². The Kier molecular flexibility index (Phi) is 5.27. The van der Waals surface area contributed by atoms with E-state index < -0.39 is 27.6 Å². The van der Waals surface area contributed by atoms with Crippen molar-refractivity contribution in [1.29, 1.82) is 0 Å². The molecule has 0 saturated carbocycles. The zero-order valence-corrected chi connectivity index (χ0v) is 15.1. The molecule has 1 amide bonds. The number of hydrogen-bond acceptors (Lipinski definition) is 3. The topological polar surface area (TPSA) is 57.7 Å². The van der Waals surface area contributed by atoms with Gasteiger partial charge in [0.25, 0.3) is 5.91 Å². The molecule has 1 aliphatic heterocycles. The molecule has 0 bridgehead atoms. The fourth-order valence-electron chi connectivity index (χ4n) is 2.74. The molecule has 2 aromatic rings. The Morgan fingerprint density at radius 1 is 1.00 bits per heavy atom. The van der Waals surface area contributed by atoms with Gasteiger partial charge in [0.2, 0.25) is 10.0 Å². The zero-order chi connectivity index (χ0) is 18.9. The molecule has 9 heteroatoms. The van der Waals surface area contributed by atoms with E-state index in [9.17, 15) is 22.0 Å². The SMILES string of the molecule is O=C(c1ccc(F)cc1F)N1CCN(S(=O)(=O)c2cccc(Cl)c2)CC1. The van der Waals surface area contributed by atoms with Gasteiger partial charge in [0.1, 0.15) is 11.6 Å². The molecule has 0 spiro atoms. The van der Waals surface area contributed by atoms with Crippen LogP contribution in [-0.2, 0) is 10.0 Å². The van der Waals surface area contributed by atoms with E-state index in [0.29, 0.717) is 11.1 Å². The molecule has 0 aliphatic carbocycles. The van der Waals surface area contributed by atoms with Gasteiger partial charge in [-0.3, -0.25) is 4.79 Å². The van der Waals surface area contributed by atoms with Crippen molar-refractivity contribution >= 4 is 27.5 Å². The third-order valence-corrected chi connectivity index (χ3v) is 6.25. The maximum absolute atomic E-state index is 13.8. The zero-order valence-electron chi connectivity index (χ0n) is 13.5. The van der Waals surface area contributed by atoms with Crippen molar-refractivity contribution in [1.82, 2.24) is 9.21 Å². The second-order valence-electron chi connectivity index (χ2n) is 5.78. The summed E-state index contributed by atoms with van der Waals surface area (Å²) in [6.45, 7) is 0.359. The monoisotopic (exact) mass is 400 g/mol. The van der Waals surface area contributed by atoms with Crippen LogP contribution >= 0.6 is 11.6 Å². The highest BCUT2D eigenvalue weighted by Crippen LogP contribution is 2.21. The summed E-state index contributed by atoms with van der Waals surface area (Å²) < 4.78 is 53.3. The summed E-state index contributed by atoms with van der Waals surface area (Å²) in [5.41, 5.74) is -0.238. The molecule has 138 valence electrons. The smallest absolute Gasteiger partial charge is 0.256 e. The van der Waals surface area contributed by atoms with Gasteiger partial charge in [-0.1, -0.05) is 17.7 Å². The number of hydrogen-bond donors (Lipinski definition) is 0. The van der Waals surface area contributed by atoms with Crippen LogP contribution in [0, 0.1) is 11.6 Å². The standard InChI is InChI=1S/C17H15ClF2N2O3S/c18-12-2-1-3-14(10-12)26(24,25)22-8-6-21(7-9-22)17(23)15-5-4-13(19)11-16(15)20/h1-5,10-11H,6-9H2. The summed E-state index contributed by atoms with van der Waals surface area (Å²) in [6, 6.07) is 8.68. The predicted octanol–water partition coefficient (Wildman–Crippen LogP) is 2.76. The Morgan fingerprint density at radius 2 is 1.69 bits per heavy atom. The Balaban J connectivity index is 1.72. The van der Waals surface area contributed by atoms with Gasteiger partial charge in [0.15, 0.2) is 0 Å². The highest BCUT2D eigenvalue weighted by molar-refractivity contribution is 7.89. The number of amides is 1. The second-order valence-corrected chi connectivity index (χ2v) is 8.15. The molecular weight excluding hydrogens is 386 g/mol. The van der Waals surface area contributed by atoms with Crippen LogP contribution in [0.4, 0.5) is 8.78 Å². The summed E-state index contributed by atoms with van der Waals surface area (Å²) in [6.07, 6.45) is 0. The summed E-state index contributed by atoms with van der Waals surface area (Å²) in [7, 11) is -3.72. The lowest BCUT2D eigenvalue weighted by Crippen LogP contribution is -2.50. The minimum atomic E-state index is -3.72. The fraction of sp³-hybridized carbons (Fsp3) is 0.235. The molecule has 0 aromatic heterocycles. The number of benzene rings is 2. The third-order valence-electron chi connectivity index (χ3n) is 4.12. The van der Waals surface area contributed by atoms with Gasteiger partial charge >= 0.3 is 0 Å². The van der Waals surface area contributed by atoms with Crippen LogP contribution in [0.2, 0.25) is 5.02 Å². The number of nitrogens with zero attached hydrogens (tertiary/aromatic N) is 2. The van der Waals surface area contributed by atoms with Crippen LogP contribution in [-0.4, -0.2) is 49.7 Å². The average molecular weight is 401 g/mol. The van der Waals surface area contributed by atoms with Gasteiger partial charge in [0, 0.05) is 37.3 Å². The van der Waals surface area contributed by atoms with Gasteiger partial charge in [-0.25, -0.2) is 17.2 Å². The molecule has 1 fully saturated rings. The van der Waals surface area contributed by atoms with Gasteiger partial charge in [-0.05, 0) is 30.3 Å². The molecule has 0 radical (unpaired) electrons. The Morgan fingerprint density at radius 3 is 2.31 bits per heavy atom. The summed E-state index contributed by atoms with van der Waals surface area (Å²) in [5, 5.41) is 0.312. The van der Waals surface area contributed by atoms with Gasteiger partial charge in [0.05, 0.1) is 10.5 Å². The highest BCUT2D eigenvalue weighted by Gasteiger charge is 2.31. The summed E-state index contributed by atoms with van der Waals surface area (Å²) in [5.74, 6) is -2.30. The molecule has 0 unspecified atom stereocenters. The number of rotatable bonds is 3. The van der Waals surface area contributed by atoms with Crippen LogP contribution in [0.1, 0.15) is 10.4 Å². The first-order valence-corrected chi connectivity index (χ1v) is 9.61. The molecular formula is C17H15ClF2N2O3S. The summed E-state index contributed by atoms with van der Waals surface area (Å²) >= 11 is 5.85. The van der Waals surface area contributed by atoms with E-state index >= 15 is 0 Å². The van der Waals surface area contributed by atoms with Crippen LogP contribution in [0.5, 0.6) is 0 Å². The Hall–Kier alpha value is -2.03. The Bertz CT molecular complexity index is 945. The molecule has 3 rings (SSSR count). The normalized spacial score (nSPS) is 15.9. The van der Waals surface area contributed by atoms with Crippen molar-refractivity contribution in [2.24, 2.45) is 0 Å². The van der Waals surface area contributed by atoms with E-state index in [1.165, 1.54) is 21.3 Å². The van der Waals surface area contributed by atoms with Crippen molar-refractivity contribution in [2.45, 2.75) is 4.90 Å². The second kappa shape index (κ2) is 7.30. The van der Waals surface area contributed by atoms with Crippen molar-refractivity contribution in [3.63, 3.8) is 0 Å². The number of halogens is 3. The lowest BCUT2D eigenvalue weighted by molar-refractivity contribution is 0.0693. The maximum Gasteiger partial charge on any atom is 0.256 e. The highest BCUT2D eigenvalue weighted by atomic mass is 35.5. The molecule has 0 N–H and O–H groups in total. The van der Waals surface area contributed by atoms with Crippen molar-refractivity contribution in [3.05, 3.63) is 64.7 Å². The number of piperazine rings is 1. The minimum Gasteiger partial charge on any atom is -0.336 e. The summed E-state index contributed by atoms with van der Waals surface area (Å²) in [4.78, 5) is 13.8. The van der Waals surface area contributed by atoms with Crippen molar-refractivity contribution in [3.8, 4) is 0 Å². The van der Waals surface area contributed by atoms with Gasteiger partial charge in [-0.2, -0.15) is 4.31 Å². The number of sulfonamides is 1. The van der Waals surface area contributed by atoms with E-state index in [0.717, 1.165) is 12.1 Å². The fourth-order valence-corrected chi connectivity index (χ4v) is 4.46. The first kappa shape index (κ1) is 18.8. The van der Waals surface area contributed by atoms with Crippen LogP contribution in [0.15, 0.2) is 47.4 Å². The molecule has 1 aliphatic rings. The molecule has 0 atom stereocenters. The van der Waals surface area contributed by atoms with Crippen LogP contribution in [0.25, 0.3) is 0 Å². The lowest BCUT2D eigenvalue weighted by Gasteiger charge is -2.34. The van der Waals surface area contributed by atoms with E-state index in [1.54, 1.807) is 12.1 Å². The molecule has 26 heavy (non-hydrogen) atoms. The van der Waals surface area contributed by atoms with Crippen LogP contribution < -0.4 is 0 Å². The Labute approximate surface area is 154 Å². The predicted molar refractivity (Wildman–Crippen MR) is 92.5 cm³/mol. The maximum atomic E-state index is 13.8. The third kappa shape index (κ3) is 3.72. The lowest BCUT2D eigenvalue weighted by atomic mass is 10.1. The molecule has 1 heterocycles. The van der Waals surface area contributed by atoms with Crippen molar-refractivity contribution < 1.29 is 22.0 Å². The number of carbonyl (C=O) groups excluding carboxylic acids is 1. The average Bonchev–Trinajstić information content (AvgIpc) is 2.61. The van der Waals surface area contributed by atoms with E-state index in [2.05, 4.69) is 0 Å².